The number of para-hydroxylation sites is 1. The van der Waals surface area contributed by atoms with Crippen LogP contribution in [0.2, 0.25) is 0 Å². The third kappa shape index (κ3) is 3.97. The van der Waals surface area contributed by atoms with Crippen LogP contribution in [0.4, 0.5) is 0 Å². The van der Waals surface area contributed by atoms with Crippen LogP contribution >= 0.6 is 0 Å². The molecule has 2 aromatic heterocycles. The number of likely N-dealkylation sites (tertiary alicyclic amines) is 1. The molecule has 0 spiro atoms. The zero-order valence-corrected chi connectivity index (χ0v) is 20.9. The molecule has 1 aliphatic carbocycles. The summed E-state index contributed by atoms with van der Waals surface area (Å²) >= 11 is 0. The normalized spacial score (nSPS) is 17.6. The number of hydrogen-bond donors (Lipinski definition) is 0. The van der Waals surface area contributed by atoms with Crippen molar-refractivity contribution in [1.29, 1.82) is 0 Å². The quantitative estimate of drug-likeness (QED) is 0.276. The molecule has 5 aromatic rings. The number of carbonyl (C=O) groups is 1. The second kappa shape index (κ2) is 8.80. The smallest absolute Gasteiger partial charge is 0.225 e. The van der Waals surface area contributed by atoms with E-state index in [2.05, 4.69) is 51.9 Å². The second-order valence-corrected chi connectivity index (χ2v) is 10.3. The van der Waals surface area contributed by atoms with Crippen molar-refractivity contribution in [2.45, 2.75) is 25.8 Å². The lowest BCUT2D eigenvalue weighted by Gasteiger charge is -2.18. The fourth-order valence-electron chi connectivity index (χ4n) is 5.68. The van der Waals surface area contributed by atoms with E-state index in [4.69, 9.17) is 14.1 Å². The Hall–Kier alpha value is -4.06. The summed E-state index contributed by atoms with van der Waals surface area (Å²) in [4.78, 5) is 19.8. The maximum atomic E-state index is 12.6. The SMILES string of the molecule is COc1cccc2c1nc(-c1ccc(-c3ccc4occc4c3)cc1)n2C[C@@H]1CCN(C(=O)C2CC2)C1. The average Bonchev–Trinajstić information content (AvgIpc) is 3.32. The summed E-state index contributed by atoms with van der Waals surface area (Å²) in [7, 11) is 1.69. The third-order valence-electron chi connectivity index (χ3n) is 7.86. The van der Waals surface area contributed by atoms with Crippen LogP contribution in [-0.4, -0.2) is 40.6 Å². The fourth-order valence-corrected chi connectivity index (χ4v) is 5.68. The molecule has 1 saturated carbocycles. The number of ether oxygens (including phenoxy) is 1. The Morgan fingerprint density at radius 2 is 1.81 bits per heavy atom. The number of imidazole rings is 1. The predicted molar refractivity (Wildman–Crippen MR) is 144 cm³/mol. The summed E-state index contributed by atoms with van der Waals surface area (Å²) in [6.45, 7) is 2.52. The Morgan fingerprint density at radius 3 is 2.62 bits per heavy atom. The Bertz CT molecular complexity index is 1610. The van der Waals surface area contributed by atoms with Crippen LogP contribution < -0.4 is 4.74 Å². The van der Waals surface area contributed by atoms with Crippen molar-refractivity contribution in [1.82, 2.24) is 14.5 Å². The van der Waals surface area contributed by atoms with Crippen molar-refractivity contribution in [3.8, 4) is 28.3 Å². The molecule has 3 aromatic carbocycles. The van der Waals surface area contributed by atoms with E-state index in [0.29, 0.717) is 11.8 Å². The van der Waals surface area contributed by atoms with E-state index in [1.54, 1.807) is 13.4 Å². The number of hydrogen-bond acceptors (Lipinski definition) is 4. The molecular weight excluding hydrogens is 462 g/mol. The van der Waals surface area contributed by atoms with Crippen molar-refractivity contribution in [2.24, 2.45) is 11.8 Å². The van der Waals surface area contributed by atoms with Crippen LogP contribution in [0.3, 0.4) is 0 Å². The third-order valence-corrected chi connectivity index (χ3v) is 7.86. The highest BCUT2D eigenvalue weighted by Gasteiger charge is 2.36. The Kier molecular flexibility index (Phi) is 5.27. The molecule has 2 fully saturated rings. The average molecular weight is 492 g/mol. The molecule has 6 nitrogen and oxygen atoms in total. The van der Waals surface area contributed by atoms with E-state index in [-0.39, 0.29) is 5.92 Å². The topological polar surface area (TPSA) is 60.5 Å². The zero-order chi connectivity index (χ0) is 24.9. The molecule has 0 unspecified atom stereocenters. The number of benzene rings is 3. The summed E-state index contributed by atoms with van der Waals surface area (Å²) in [5.41, 5.74) is 6.20. The molecule has 1 amide bonds. The van der Waals surface area contributed by atoms with Gasteiger partial charge < -0.3 is 18.6 Å². The number of fused-ring (bicyclic) bond motifs is 2. The summed E-state index contributed by atoms with van der Waals surface area (Å²) in [5.74, 6) is 2.75. The van der Waals surface area contributed by atoms with E-state index >= 15 is 0 Å². The number of rotatable bonds is 6. The zero-order valence-electron chi connectivity index (χ0n) is 20.9. The van der Waals surface area contributed by atoms with Crippen molar-refractivity contribution in [2.75, 3.05) is 20.2 Å². The van der Waals surface area contributed by atoms with Crippen LogP contribution in [0.15, 0.2) is 77.4 Å². The van der Waals surface area contributed by atoms with Gasteiger partial charge in [0.25, 0.3) is 0 Å². The molecule has 0 N–H and O–H groups in total. The van der Waals surface area contributed by atoms with Gasteiger partial charge in [0.05, 0.1) is 18.9 Å². The summed E-state index contributed by atoms with van der Waals surface area (Å²) in [5, 5.41) is 1.10. The first-order valence-corrected chi connectivity index (χ1v) is 13.1. The van der Waals surface area contributed by atoms with Crippen molar-refractivity contribution in [3.63, 3.8) is 0 Å². The van der Waals surface area contributed by atoms with Crippen LogP contribution in [0, 0.1) is 11.8 Å². The minimum Gasteiger partial charge on any atom is -0.494 e. The van der Waals surface area contributed by atoms with Gasteiger partial charge in [0.15, 0.2) is 0 Å². The maximum absolute atomic E-state index is 12.6. The maximum Gasteiger partial charge on any atom is 0.225 e. The molecule has 6 heteroatoms. The van der Waals surface area contributed by atoms with Gasteiger partial charge in [-0.2, -0.15) is 0 Å². The molecule has 1 aliphatic heterocycles. The van der Waals surface area contributed by atoms with Crippen LogP contribution in [0.25, 0.3) is 44.5 Å². The second-order valence-electron chi connectivity index (χ2n) is 10.3. The van der Waals surface area contributed by atoms with Gasteiger partial charge in [0.1, 0.15) is 22.7 Å². The van der Waals surface area contributed by atoms with E-state index in [1.165, 1.54) is 0 Å². The highest BCUT2D eigenvalue weighted by Crippen LogP contribution is 2.36. The Morgan fingerprint density at radius 1 is 1.00 bits per heavy atom. The molecule has 186 valence electrons. The monoisotopic (exact) mass is 491 g/mol. The van der Waals surface area contributed by atoms with Gasteiger partial charge in [0, 0.05) is 36.5 Å². The van der Waals surface area contributed by atoms with Crippen molar-refractivity contribution >= 4 is 27.9 Å². The first-order valence-electron chi connectivity index (χ1n) is 13.1. The number of aromatic nitrogens is 2. The first-order chi connectivity index (χ1) is 18.2. The van der Waals surface area contributed by atoms with E-state index in [9.17, 15) is 4.79 Å². The predicted octanol–water partition coefficient (Wildman–Crippen LogP) is 6.38. The molecule has 0 radical (unpaired) electrons. The van der Waals surface area contributed by atoms with Gasteiger partial charge in [-0.05, 0) is 66.6 Å². The van der Waals surface area contributed by atoms with E-state index in [0.717, 1.165) is 89.2 Å². The molecule has 37 heavy (non-hydrogen) atoms. The largest absolute Gasteiger partial charge is 0.494 e. The van der Waals surface area contributed by atoms with Crippen LogP contribution in [0.5, 0.6) is 5.75 Å². The number of carbonyl (C=O) groups excluding carboxylic acids is 1. The van der Waals surface area contributed by atoms with Crippen LogP contribution in [0.1, 0.15) is 19.3 Å². The highest BCUT2D eigenvalue weighted by atomic mass is 16.5. The minimum absolute atomic E-state index is 0.278. The van der Waals surface area contributed by atoms with Crippen molar-refractivity contribution < 1.29 is 13.9 Å². The minimum atomic E-state index is 0.278. The molecule has 7 rings (SSSR count). The lowest BCUT2D eigenvalue weighted by molar-refractivity contribution is -0.131. The van der Waals surface area contributed by atoms with Gasteiger partial charge in [-0.15, -0.1) is 0 Å². The molecule has 3 heterocycles. The van der Waals surface area contributed by atoms with Gasteiger partial charge >= 0.3 is 0 Å². The molecular formula is C31H29N3O3. The Balaban J connectivity index is 1.23. The molecule has 2 aliphatic rings. The van der Waals surface area contributed by atoms with Crippen LogP contribution in [-0.2, 0) is 11.3 Å². The Labute approximate surface area is 215 Å². The molecule has 0 bridgehead atoms. The highest BCUT2D eigenvalue weighted by molar-refractivity contribution is 5.87. The molecule has 1 atom stereocenters. The van der Waals surface area contributed by atoms with E-state index < -0.39 is 0 Å². The van der Waals surface area contributed by atoms with E-state index in [1.807, 2.05) is 24.3 Å². The van der Waals surface area contributed by atoms with Crippen molar-refractivity contribution in [3.05, 3.63) is 73.0 Å². The van der Waals surface area contributed by atoms with Gasteiger partial charge in [0.2, 0.25) is 5.91 Å². The summed E-state index contributed by atoms with van der Waals surface area (Å²) in [6.07, 6.45) is 4.86. The number of methoxy groups -OCH3 is 1. The summed E-state index contributed by atoms with van der Waals surface area (Å²) in [6, 6.07) is 23.0. The molecule has 1 saturated heterocycles. The lowest BCUT2D eigenvalue weighted by Crippen LogP contribution is -2.30. The fraction of sp³-hybridized carbons (Fsp3) is 0.290. The number of amides is 1. The van der Waals surface area contributed by atoms with Gasteiger partial charge in [-0.3, -0.25) is 4.79 Å². The number of nitrogens with zero attached hydrogens (tertiary/aromatic N) is 3. The summed E-state index contributed by atoms with van der Waals surface area (Å²) < 4.78 is 13.5. The first kappa shape index (κ1) is 22.2. The number of furan rings is 1. The lowest BCUT2D eigenvalue weighted by atomic mass is 10.0. The van der Waals surface area contributed by atoms with Gasteiger partial charge in [-0.25, -0.2) is 4.98 Å². The van der Waals surface area contributed by atoms with Gasteiger partial charge in [-0.1, -0.05) is 36.4 Å². The standard InChI is InChI=1S/C31H29N3O3/c1-36-28-4-2-3-26-29(28)32-30(34(26)19-20-13-15-33(18-20)31(35)23-9-10-23)22-7-5-21(6-8-22)24-11-12-27-25(17-24)14-16-37-27/h2-8,11-12,14,16-17,20,23H,9-10,13,15,18-19H2,1H3/t20-/m1/s1.